The number of benzene rings is 1. The minimum absolute atomic E-state index is 0.0222. The highest BCUT2D eigenvalue weighted by molar-refractivity contribution is 6.06. The lowest BCUT2D eigenvalue weighted by Gasteiger charge is -2.29. The molecule has 1 unspecified atom stereocenters. The first-order chi connectivity index (χ1) is 9.90. The number of amides is 1. The van der Waals surface area contributed by atoms with Crippen LogP contribution in [0.1, 0.15) is 33.6 Å². The van der Waals surface area contributed by atoms with Crippen molar-refractivity contribution in [2.45, 2.75) is 45.8 Å². The third kappa shape index (κ3) is 3.80. The number of rotatable bonds is 5. The van der Waals surface area contributed by atoms with Crippen LogP contribution in [0.5, 0.6) is 0 Å². The number of carbonyl (C=O) groups is 2. The Kier molecular flexibility index (Phi) is 4.60. The van der Waals surface area contributed by atoms with Gasteiger partial charge in [0, 0.05) is 11.7 Å². The van der Waals surface area contributed by atoms with E-state index < -0.39 is 11.9 Å². The number of hydrogen-bond donors (Lipinski definition) is 0. The molecule has 114 valence electrons. The maximum Gasteiger partial charge on any atom is 0.318 e. The van der Waals surface area contributed by atoms with Gasteiger partial charge in [-0.05, 0) is 57.9 Å². The Balaban J connectivity index is 2.14. The average molecular weight is 293 g/mol. The van der Waals surface area contributed by atoms with Gasteiger partial charge in [0.25, 0.3) is 0 Å². The van der Waals surface area contributed by atoms with E-state index in [4.69, 9.17) is 4.74 Å². The predicted octanol–water partition coefficient (Wildman–Crippen LogP) is 2.91. The highest BCUT2D eigenvalue weighted by Crippen LogP contribution is 2.26. The third-order valence-corrected chi connectivity index (χ3v) is 3.39. The van der Waals surface area contributed by atoms with Crippen molar-refractivity contribution in [3.05, 3.63) is 30.1 Å². The summed E-state index contributed by atoms with van der Waals surface area (Å²) < 4.78 is 18.2. The second-order valence-corrected chi connectivity index (χ2v) is 5.64. The normalized spacial score (nSPS) is 15.7. The zero-order chi connectivity index (χ0) is 15.6. The van der Waals surface area contributed by atoms with Gasteiger partial charge in [-0.2, -0.15) is 0 Å². The summed E-state index contributed by atoms with van der Waals surface area (Å²) in [7, 11) is 0. The molecular formula is C16H20FNO3. The van der Waals surface area contributed by atoms with E-state index in [2.05, 4.69) is 0 Å². The smallest absolute Gasteiger partial charge is 0.318 e. The topological polar surface area (TPSA) is 46.6 Å². The van der Waals surface area contributed by atoms with E-state index in [-0.39, 0.29) is 23.9 Å². The SMILES string of the molecule is CC(C(=O)OC1CC1)C(=O)N(c1ccc(F)cc1)C(C)C. The zero-order valence-corrected chi connectivity index (χ0v) is 12.5. The first kappa shape index (κ1) is 15.5. The second kappa shape index (κ2) is 6.24. The molecule has 1 aliphatic carbocycles. The van der Waals surface area contributed by atoms with Gasteiger partial charge in [0.05, 0.1) is 0 Å². The molecule has 21 heavy (non-hydrogen) atoms. The van der Waals surface area contributed by atoms with Gasteiger partial charge in [0.1, 0.15) is 17.8 Å². The lowest BCUT2D eigenvalue weighted by Crippen LogP contribution is -2.43. The fourth-order valence-electron chi connectivity index (χ4n) is 2.04. The largest absolute Gasteiger partial charge is 0.462 e. The average Bonchev–Trinajstić information content (AvgIpc) is 3.23. The molecule has 1 aromatic rings. The van der Waals surface area contributed by atoms with Crippen LogP contribution in [0, 0.1) is 11.7 Å². The van der Waals surface area contributed by atoms with Crippen molar-refractivity contribution in [1.82, 2.24) is 0 Å². The first-order valence-corrected chi connectivity index (χ1v) is 7.19. The monoisotopic (exact) mass is 293 g/mol. The number of hydrogen-bond acceptors (Lipinski definition) is 3. The minimum atomic E-state index is -0.863. The molecule has 1 aliphatic rings. The minimum Gasteiger partial charge on any atom is -0.462 e. The van der Waals surface area contributed by atoms with Crippen molar-refractivity contribution in [3.8, 4) is 0 Å². The highest BCUT2D eigenvalue weighted by Gasteiger charge is 2.34. The molecule has 0 radical (unpaired) electrons. The van der Waals surface area contributed by atoms with Crippen molar-refractivity contribution in [2.75, 3.05) is 4.90 Å². The molecule has 1 amide bonds. The van der Waals surface area contributed by atoms with Crippen LogP contribution in [0.2, 0.25) is 0 Å². The molecular weight excluding hydrogens is 273 g/mol. The van der Waals surface area contributed by atoms with E-state index >= 15 is 0 Å². The van der Waals surface area contributed by atoms with E-state index in [1.807, 2.05) is 13.8 Å². The molecule has 0 bridgehead atoms. The summed E-state index contributed by atoms with van der Waals surface area (Å²) in [5, 5.41) is 0. The summed E-state index contributed by atoms with van der Waals surface area (Å²) >= 11 is 0. The number of esters is 1. The van der Waals surface area contributed by atoms with Crippen LogP contribution >= 0.6 is 0 Å². The van der Waals surface area contributed by atoms with E-state index in [9.17, 15) is 14.0 Å². The summed E-state index contributed by atoms with van der Waals surface area (Å²) in [5.74, 6) is -2.05. The molecule has 0 N–H and O–H groups in total. The summed E-state index contributed by atoms with van der Waals surface area (Å²) in [6.45, 7) is 5.24. The number of nitrogens with zero attached hydrogens (tertiary/aromatic N) is 1. The number of ether oxygens (including phenoxy) is 1. The maximum atomic E-state index is 13.0. The Morgan fingerprint density at radius 1 is 1.19 bits per heavy atom. The Hall–Kier alpha value is -1.91. The van der Waals surface area contributed by atoms with Crippen molar-refractivity contribution < 1.29 is 18.7 Å². The molecule has 5 heteroatoms. The van der Waals surface area contributed by atoms with Crippen LogP contribution in [-0.4, -0.2) is 24.0 Å². The molecule has 1 atom stereocenters. The van der Waals surface area contributed by atoms with Gasteiger partial charge in [-0.1, -0.05) is 0 Å². The third-order valence-electron chi connectivity index (χ3n) is 3.39. The van der Waals surface area contributed by atoms with Gasteiger partial charge in [-0.3, -0.25) is 9.59 Å². The van der Waals surface area contributed by atoms with Gasteiger partial charge >= 0.3 is 5.97 Å². The molecule has 1 saturated carbocycles. The van der Waals surface area contributed by atoms with Crippen LogP contribution < -0.4 is 4.90 Å². The van der Waals surface area contributed by atoms with Gasteiger partial charge in [-0.25, -0.2) is 4.39 Å². The van der Waals surface area contributed by atoms with Crippen molar-refractivity contribution in [3.63, 3.8) is 0 Å². The molecule has 4 nitrogen and oxygen atoms in total. The second-order valence-electron chi connectivity index (χ2n) is 5.64. The molecule has 0 heterocycles. The van der Waals surface area contributed by atoms with Crippen LogP contribution in [0.3, 0.4) is 0 Å². The van der Waals surface area contributed by atoms with Gasteiger partial charge < -0.3 is 9.64 Å². The lowest BCUT2D eigenvalue weighted by molar-refractivity contribution is -0.152. The Morgan fingerprint density at radius 3 is 2.24 bits per heavy atom. The molecule has 0 spiro atoms. The Bertz CT molecular complexity index is 523. The van der Waals surface area contributed by atoms with E-state index in [0.717, 1.165) is 12.8 Å². The molecule has 2 rings (SSSR count). The molecule has 0 aromatic heterocycles. The van der Waals surface area contributed by atoms with E-state index in [1.54, 1.807) is 6.92 Å². The van der Waals surface area contributed by atoms with E-state index in [1.165, 1.54) is 29.2 Å². The van der Waals surface area contributed by atoms with Gasteiger partial charge in [0.2, 0.25) is 5.91 Å². The summed E-state index contributed by atoms with van der Waals surface area (Å²) in [5.41, 5.74) is 0.572. The summed E-state index contributed by atoms with van der Waals surface area (Å²) in [6, 6.07) is 5.52. The van der Waals surface area contributed by atoms with Gasteiger partial charge in [-0.15, -0.1) is 0 Å². The maximum absolute atomic E-state index is 13.0. The number of carbonyl (C=O) groups excluding carboxylic acids is 2. The quantitative estimate of drug-likeness (QED) is 0.619. The summed E-state index contributed by atoms with van der Waals surface area (Å²) in [6.07, 6.45) is 1.72. The Labute approximate surface area is 123 Å². The summed E-state index contributed by atoms with van der Waals surface area (Å²) in [4.78, 5) is 26.0. The van der Waals surface area contributed by atoms with Crippen molar-refractivity contribution >= 4 is 17.6 Å². The van der Waals surface area contributed by atoms with Crippen LogP contribution in [0.15, 0.2) is 24.3 Å². The molecule has 1 fully saturated rings. The highest BCUT2D eigenvalue weighted by atomic mass is 19.1. The van der Waals surface area contributed by atoms with Gasteiger partial charge in [0.15, 0.2) is 0 Å². The lowest BCUT2D eigenvalue weighted by atomic mass is 10.1. The Morgan fingerprint density at radius 2 is 1.76 bits per heavy atom. The van der Waals surface area contributed by atoms with E-state index in [0.29, 0.717) is 5.69 Å². The van der Waals surface area contributed by atoms with Crippen LogP contribution in [0.4, 0.5) is 10.1 Å². The zero-order valence-electron chi connectivity index (χ0n) is 12.5. The standard InChI is InChI=1S/C16H20FNO3/c1-10(2)18(13-6-4-12(17)5-7-13)15(19)11(3)16(20)21-14-8-9-14/h4-7,10-11,14H,8-9H2,1-3H3. The molecule has 0 saturated heterocycles. The fraction of sp³-hybridized carbons (Fsp3) is 0.500. The van der Waals surface area contributed by atoms with Crippen molar-refractivity contribution in [2.24, 2.45) is 5.92 Å². The fourth-order valence-corrected chi connectivity index (χ4v) is 2.04. The van der Waals surface area contributed by atoms with Crippen LogP contribution in [0.25, 0.3) is 0 Å². The van der Waals surface area contributed by atoms with Crippen LogP contribution in [-0.2, 0) is 14.3 Å². The predicted molar refractivity (Wildman–Crippen MR) is 77.3 cm³/mol. The molecule has 0 aliphatic heterocycles. The van der Waals surface area contributed by atoms with Crippen molar-refractivity contribution in [1.29, 1.82) is 0 Å². The number of halogens is 1. The first-order valence-electron chi connectivity index (χ1n) is 7.19. The molecule has 1 aromatic carbocycles. The number of anilines is 1.